The summed E-state index contributed by atoms with van der Waals surface area (Å²) in [5.74, 6) is 0. The smallest absolute Gasteiger partial charge is 0.107 e. The van der Waals surface area contributed by atoms with Crippen LogP contribution >= 0.6 is 11.3 Å². The van der Waals surface area contributed by atoms with Crippen LogP contribution in [0.3, 0.4) is 0 Å². The maximum absolute atomic E-state index is 4.74. The van der Waals surface area contributed by atoms with Crippen molar-refractivity contribution in [1.82, 2.24) is 20.1 Å². The molecule has 1 saturated heterocycles. The highest BCUT2D eigenvalue weighted by molar-refractivity contribution is 7.09. The van der Waals surface area contributed by atoms with Crippen LogP contribution in [0.5, 0.6) is 0 Å². The zero-order chi connectivity index (χ0) is 14.5. The lowest BCUT2D eigenvalue weighted by molar-refractivity contribution is 0.0827. The van der Waals surface area contributed by atoms with Crippen molar-refractivity contribution in [1.29, 1.82) is 0 Å². The first-order valence-electron chi connectivity index (χ1n) is 7.71. The Morgan fingerprint density at radius 2 is 2.25 bits per heavy atom. The van der Waals surface area contributed by atoms with Gasteiger partial charge in [-0.05, 0) is 13.5 Å². The van der Waals surface area contributed by atoms with E-state index < -0.39 is 0 Å². The third-order valence-corrected chi connectivity index (χ3v) is 4.80. The Balaban J connectivity index is 1.82. The zero-order valence-electron chi connectivity index (χ0n) is 13.2. The summed E-state index contributed by atoms with van der Waals surface area (Å²) >= 11 is 1.78. The highest BCUT2D eigenvalue weighted by Gasteiger charge is 2.22. The van der Waals surface area contributed by atoms with Gasteiger partial charge in [0.05, 0.1) is 5.69 Å². The van der Waals surface area contributed by atoms with Crippen LogP contribution in [0.25, 0.3) is 0 Å². The van der Waals surface area contributed by atoms with Crippen molar-refractivity contribution in [3.05, 3.63) is 16.1 Å². The highest BCUT2D eigenvalue weighted by atomic mass is 32.1. The number of aromatic nitrogens is 1. The monoisotopic (exact) mass is 296 g/mol. The van der Waals surface area contributed by atoms with Gasteiger partial charge in [0.1, 0.15) is 5.01 Å². The Bertz CT molecular complexity index is 404. The SMILES string of the molecule is CCN1CCN(Cc2csc(CNC(C)C)n2)CC1C. The maximum atomic E-state index is 4.74. The summed E-state index contributed by atoms with van der Waals surface area (Å²) in [5.41, 5.74) is 1.23. The summed E-state index contributed by atoms with van der Waals surface area (Å²) in [6.45, 7) is 15.5. The molecule has 0 aliphatic carbocycles. The Labute approximate surface area is 127 Å². The first-order valence-corrected chi connectivity index (χ1v) is 8.59. The van der Waals surface area contributed by atoms with Crippen LogP contribution in [-0.2, 0) is 13.1 Å². The molecular weight excluding hydrogens is 268 g/mol. The highest BCUT2D eigenvalue weighted by Crippen LogP contribution is 2.15. The number of nitrogens with one attached hydrogen (secondary N) is 1. The Morgan fingerprint density at radius 1 is 1.45 bits per heavy atom. The van der Waals surface area contributed by atoms with Crippen molar-refractivity contribution in [3.8, 4) is 0 Å². The number of nitrogens with zero attached hydrogens (tertiary/aromatic N) is 3. The van der Waals surface area contributed by atoms with E-state index in [1.165, 1.54) is 17.2 Å². The van der Waals surface area contributed by atoms with E-state index in [4.69, 9.17) is 4.98 Å². The molecule has 0 bridgehead atoms. The summed E-state index contributed by atoms with van der Waals surface area (Å²) < 4.78 is 0. The van der Waals surface area contributed by atoms with Gasteiger partial charge in [-0.2, -0.15) is 0 Å². The summed E-state index contributed by atoms with van der Waals surface area (Å²) in [6, 6.07) is 1.18. The second kappa shape index (κ2) is 7.50. The largest absolute Gasteiger partial charge is 0.308 e. The minimum atomic E-state index is 0.519. The average molecular weight is 296 g/mol. The van der Waals surface area contributed by atoms with Crippen molar-refractivity contribution < 1.29 is 0 Å². The van der Waals surface area contributed by atoms with E-state index in [-0.39, 0.29) is 0 Å². The normalized spacial score (nSPS) is 21.8. The number of hydrogen-bond acceptors (Lipinski definition) is 5. The molecule has 0 saturated carbocycles. The fraction of sp³-hybridized carbons (Fsp3) is 0.800. The molecule has 1 N–H and O–H groups in total. The van der Waals surface area contributed by atoms with Crippen LogP contribution in [0.15, 0.2) is 5.38 Å². The van der Waals surface area contributed by atoms with Gasteiger partial charge in [-0.25, -0.2) is 4.98 Å². The second-order valence-electron chi connectivity index (χ2n) is 5.98. The number of likely N-dealkylation sites (N-methyl/N-ethyl adjacent to an activating group) is 1. The molecule has 2 rings (SSSR count). The second-order valence-corrected chi connectivity index (χ2v) is 6.92. The molecule has 5 heteroatoms. The van der Waals surface area contributed by atoms with Crippen LogP contribution in [0.1, 0.15) is 38.4 Å². The molecule has 2 heterocycles. The lowest BCUT2D eigenvalue weighted by Gasteiger charge is -2.39. The average Bonchev–Trinajstić information content (AvgIpc) is 2.84. The Morgan fingerprint density at radius 3 is 2.90 bits per heavy atom. The molecular formula is C15H28N4S. The molecule has 1 atom stereocenters. The molecule has 114 valence electrons. The Kier molecular flexibility index (Phi) is 5.96. The molecule has 1 aliphatic rings. The number of thiazole rings is 1. The van der Waals surface area contributed by atoms with Crippen molar-refractivity contribution in [2.75, 3.05) is 26.2 Å². The first kappa shape index (κ1) is 15.9. The number of piperazine rings is 1. The molecule has 1 unspecified atom stereocenters. The van der Waals surface area contributed by atoms with Gasteiger partial charge in [0.2, 0.25) is 0 Å². The minimum absolute atomic E-state index is 0.519. The fourth-order valence-corrected chi connectivity index (χ4v) is 3.44. The molecule has 1 aromatic heterocycles. The molecule has 0 amide bonds. The van der Waals surface area contributed by atoms with E-state index in [9.17, 15) is 0 Å². The summed E-state index contributed by atoms with van der Waals surface area (Å²) in [4.78, 5) is 9.83. The molecule has 1 aromatic rings. The lowest BCUT2D eigenvalue weighted by Crippen LogP contribution is -2.51. The van der Waals surface area contributed by atoms with Crippen molar-refractivity contribution in [3.63, 3.8) is 0 Å². The quantitative estimate of drug-likeness (QED) is 0.872. The topological polar surface area (TPSA) is 31.4 Å². The third kappa shape index (κ3) is 4.52. The summed E-state index contributed by atoms with van der Waals surface area (Å²) in [7, 11) is 0. The summed E-state index contributed by atoms with van der Waals surface area (Å²) in [6.07, 6.45) is 0. The van der Waals surface area contributed by atoms with Gasteiger partial charge >= 0.3 is 0 Å². The van der Waals surface area contributed by atoms with Crippen LogP contribution in [0, 0.1) is 0 Å². The van der Waals surface area contributed by atoms with Gasteiger partial charge in [-0.3, -0.25) is 9.80 Å². The van der Waals surface area contributed by atoms with E-state index in [2.05, 4.69) is 48.2 Å². The van der Waals surface area contributed by atoms with Gasteiger partial charge < -0.3 is 5.32 Å². The van der Waals surface area contributed by atoms with Crippen LogP contribution < -0.4 is 5.32 Å². The van der Waals surface area contributed by atoms with Crippen LogP contribution in [0.2, 0.25) is 0 Å². The standard InChI is InChI=1S/C15H28N4S/c1-5-19-7-6-18(9-13(19)4)10-14-11-20-15(17-14)8-16-12(2)3/h11-13,16H,5-10H2,1-4H3. The third-order valence-electron chi connectivity index (χ3n) is 3.90. The van der Waals surface area contributed by atoms with E-state index >= 15 is 0 Å². The maximum Gasteiger partial charge on any atom is 0.107 e. The molecule has 0 radical (unpaired) electrons. The molecule has 1 aliphatic heterocycles. The fourth-order valence-electron chi connectivity index (χ4n) is 2.71. The van der Waals surface area contributed by atoms with Gasteiger partial charge in [0.25, 0.3) is 0 Å². The predicted molar refractivity (Wildman–Crippen MR) is 86.1 cm³/mol. The van der Waals surface area contributed by atoms with Crippen molar-refractivity contribution >= 4 is 11.3 Å². The van der Waals surface area contributed by atoms with E-state index in [1.54, 1.807) is 11.3 Å². The van der Waals surface area contributed by atoms with E-state index in [1.807, 2.05) is 0 Å². The molecule has 0 spiro atoms. The van der Waals surface area contributed by atoms with Crippen LogP contribution in [-0.4, -0.2) is 53.0 Å². The van der Waals surface area contributed by atoms with Gasteiger partial charge in [0, 0.05) is 50.2 Å². The molecule has 20 heavy (non-hydrogen) atoms. The van der Waals surface area contributed by atoms with Crippen molar-refractivity contribution in [2.45, 2.75) is 52.9 Å². The summed E-state index contributed by atoms with van der Waals surface area (Å²) in [5, 5.41) is 6.85. The Hall–Kier alpha value is -0.490. The van der Waals surface area contributed by atoms with Gasteiger partial charge in [-0.15, -0.1) is 11.3 Å². The minimum Gasteiger partial charge on any atom is -0.308 e. The van der Waals surface area contributed by atoms with E-state index in [0.717, 1.165) is 32.7 Å². The first-order chi connectivity index (χ1) is 9.58. The zero-order valence-corrected chi connectivity index (χ0v) is 14.0. The number of hydrogen-bond donors (Lipinski definition) is 1. The van der Waals surface area contributed by atoms with Crippen molar-refractivity contribution in [2.24, 2.45) is 0 Å². The van der Waals surface area contributed by atoms with Gasteiger partial charge in [0.15, 0.2) is 0 Å². The number of rotatable bonds is 6. The molecule has 4 nitrogen and oxygen atoms in total. The van der Waals surface area contributed by atoms with E-state index in [0.29, 0.717) is 12.1 Å². The molecule has 0 aromatic carbocycles. The van der Waals surface area contributed by atoms with Crippen LogP contribution in [0.4, 0.5) is 0 Å². The predicted octanol–water partition coefficient (Wildman–Crippen LogP) is 2.17. The van der Waals surface area contributed by atoms with Gasteiger partial charge in [-0.1, -0.05) is 20.8 Å². The molecule has 1 fully saturated rings. The lowest BCUT2D eigenvalue weighted by atomic mass is 10.2.